The molecular weight excluding hydrogens is 242 g/mol. The van der Waals surface area contributed by atoms with E-state index < -0.39 is 0 Å². The lowest BCUT2D eigenvalue weighted by molar-refractivity contribution is 0.0679. The number of nitrogens with zero attached hydrogens (tertiary/aromatic N) is 3. The molecule has 1 atom stereocenters. The number of likely N-dealkylation sites (N-methyl/N-ethyl adjacent to an activating group) is 2. The number of nitrogens with one attached hydrogen (secondary N) is 1. The average Bonchev–Trinajstić information content (AvgIpc) is 2.38. The Labute approximate surface area is 114 Å². The highest BCUT2D eigenvalue weighted by atomic mass is 16.2. The summed E-state index contributed by atoms with van der Waals surface area (Å²) in [4.78, 5) is 20.4. The molecule has 1 heterocycles. The van der Waals surface area contributed by atoms with Crippen molar-refractivity contribution in [3.63, 3.8) is 0 Å². The van der Waals surface area contributed by atoms with Gasteiger partial charge in [-0.25, -0.2) is 0 Å². The van der Waals surface area contributed by atoms with E-state index in [2.05, 4.69) is 15.3 Å². The standard InChI is InChI=1S/C13H23N5O/c1-5-18(10(2)9-17(3)4)13(19)11-8-15-7-6-12(11)16-14/h6-8,10H,5,9,14H2,1-4H3,(H,15,16). The molecule has 0 spiro atoms. The van der Waals surface area contributed by atoms with Gasteiger partial charge in [-0.3, -0.25) is 15.6 Å². The van der Waals surface area contributed by atoms with E-state index in [9.17, 15) is 4.79 Å². The minimum absolute atomic E-state index is 0.0575. The number of anilines is 1. The second-order valence-corrected chi connectivity index (χ2v) is 4.77. The molecule has 0 bridgehead atoms. The van der Waals surface area contributed by atoms with Gasteiger partial charge in [0.2, 0.25) is 0 Å². The summed E-state index contributed by atoms with van der Waals surface area (Å²) in [6.45, 7) is 5.46. The fourth-order valence-electron chi connectivity index (χ4n) is 2.13. The van der Waals surface area contributed by atoms with Crippen molar-refractivity contribution in [3.8, 4) is 0 Å². The topological polar surface area (TPSA) is 74.5 Å². The largest absolute Gasteiger partial charge is 0.335 e. The summed E-state index contributed by atoms with van der Waals surface area (Å²) in [5, 5.41) is 0. The van der Waals surface area contributed by atoms with Gasteiger partial charge in [-0.1, -0.05) is 0 Å². The Morgan fingerprint density at radius 2 is 2.21 bits per heavy atom. The molecule has 6 nitrogen and oxygen atoms in total. The molecule has 1 unspecified atom stereocenters. The van der Waals surface area contributed by atoms with Crippen LogP contribution in [-0.2, 0) is 0 Å². The predicted molar refractivity (Wildman–Crippen MR) is 76.8 cm³/mol. The molecule has 0 aliphatic rings. The van der Waals surface area contributed by atoms with E-state index in [0.29, 0.717) is 17.8 Å². The summed E-state index contributed by atoms with van der Waals surface area (Å²) in [5.41, 5.74) is 3.63. The molecule has 19 heavy (non-hydrogen) atoms. The van der Waals surface area contributed by atoms with Crippen molar-refractivity contribution < 1.29 is 4.79 Å². The van der Waals surface area contributed by atoms with Gasteiger partial charge in [0.1, 0.15) is 0 Å². The second kappa shape index (κ2) is 7.06. The molecule has 6 heteroatoms. The Bertz CT molecular complexity index is 421. The first-order valence-electron chi connectivity index (χ1n) is 6.37. The Morgan fingerprint density at radius 3 is 2.74 bits per heavy atom. The van der Waals surface area contributed by atoms with E-state index in [0.717, 1.165) is 6.54 Å². The zero-order valence-electron chi connectivity index (χ0n) is 12.1. The normalized spacial score (nSPS) is 12.3. The first-order chi connectivity index (χ1) is 9.01. The zero-order chi connectivity index (χ0) is 14.4. The minimum atomic E-state index is -0.0575. The summed E-state index contributed by atoms with van der Waals surface area (Å²) in [6, 6.07) is 1.82. The van der Waals surface area contributed by atoms with Gasteiger partial charge in [0, 0.05) is 31.5 Å². The summed E-state index contributed by atoms with van der Waals surface area (Å²) in [5.74, 6) is 5.37. The highest BCUT2D eigenvalue weighted by molar-refractivity contribution is 5.99. The van der Waals surface area contributed by atoms with Crippen LogP contribution in [-0.4, -0.2) is 53.9 Å². The third-order valence-electron chi connectivity index (χ3n) is 2.97. The van der Waals surface area contributed by atoms with Crippen LogP contribution in [0.4, 0.5) is 5.69 Å². The zero-order valence-corrected chi connectivity index (χ0v) is 12.1. The molecule has 3 N–H and O–H groups in total. The Balaban J connectivity index is 2.95. The Morgan fingerprint density at radius 1 is 1.53 bits per heavy atom. The van der Waals surface area contributed by atoms with Gasteiger partial charge < -0.3 is 15.2 Å². The fraction of sp³-hybridized carbons (Fsp3) is 0.538. The van der Waals surface area contributed by atoms with Crippen LogP contribution in [0.15, 0.2) is 18.5 Å². The SMILES string of the molecule is CCN(C(=O)c1cnccc1NN)C(C)CN(C)C. The predicted octanol–water partition coefficient (Wildman–Crippen LogP) is 0.779. The van der Waals surface area contributed by atoms with E-state index in [1.165, 1.54) is 0 Å². The smallest absolute Gasteiger partial charge is 0.257 e. The number of carbonyl (C=O) groups is 1. The lowest BCUT2D eigenvalue weighted by Crippen LogP contribution is -2.44. The average molecular weight is 265 g/mol. The highest BCUT2D eigenvalue weighted by Crippen LogP contribution is 2.16. The summed E-state index contributed by atoms with van der Waals surface area (Å²) >= 11 is 0. The number of carbonyl (C=O) groups excluding carboxylic acids is 1. The summed E-state index contributed by atoms with van der Waals surface area (Å²) in [7, 11) is 3.98. The van der Waals surface area contributed by atoms with Crippen LogP contribution in [0.3, 0.4) is 0 Å². The van der Waals surface area contributed by atoms with Gasteiger partial charge in [-0.2, -0.15) is 0 Å². The van der Waals surface area contributed by atoms with Crippen LogP contribution < -0.4 is 11.3 Å². The van der Waals surface area contributed by atoms with Crippen molar-refractivity contribution in [3.05, 3.63) is 24.0 Å². The van der Waals surface area contributed by atoms with Crippen LogP contribution >= 0.6 is 0 Å². The Kier molecular flexibility index (Phi) is 5.72. The van der Waals surface area contributed by atoms with Gasteiger partial charge in [0.05, 0.1) is 11.3 Å². The van der Waals surface area contributed by atoms with Gasteiger partial charge in [-0.15, -0.1) is 0 Å². The van der Waals surface area contributed by atoms with Gasteiger partial charge in [-0.05, 0) is 34.0 Å². The number of aromatic nitrogens is 1. The molecule has 0 saturated carbocycles. The number of nitrogen functional groups attached to an aromatic ring is 1. The molecule has 0 saturated heterocycles. The lowest BCUT2D eigenvalue weighted by Gasteiger charge is -2.30. The number of hydrazine groups is 1. The molecule has 0 aliphatic heterocycles. The van der Waals surface area contributed by atoms with E-state index >= 15 is 0 Å². The molecule has 1 rings (SSSR count). The van der Waals surface area contributed by atoms with E-state index in [-0.39, 0.29) is 11.9 Å². The van der Waals surface area contributed by atoms with Crippen LogP contribution in [0, 0.1) is 0 Å². The summed E-state index contributed by atoms with van der Waals surface area (Å²) < 4.78 is 0. The number of hydrogen-bond acceptors (Lipinski definition) is 5. The van der Waals surface area contributed by atoms with Crippen LogP contribution in [0.1, 0.15) is 24.2 Å². The summed E-state index contributed by atoms with van der Waals surface area (Å²) in [6.07, 6.45) is 3.15. The molecule has 0 aromatic carbocycles. The van der Waals surface area contributed by atoms with Gasteiger partial charge in [0.15, 0.2) is 0 Å². The molecule has 106 valence electrons. The molecular formula is C13H23N5O. The minimum Gasteiger partial charge on any atom is -0.335 e. The number of pyridine rings is 1. The van der Waals surface area contributed by atoms with Crippen LogP contribution in [0.5, 0.6) is 0 Å². The van der Waals surface area contributed by atoms with E-state index in [1.54, 1.807) is 18.5 Å². The van der Waals surface area contributed by atoms with Crippen molar-refractivity contribution in [2.24, 2.45) is 5.84 Å². The Hall–Kier alpha value is -1.66. The van der Waals surface area contributed by atoms with E-state index in [1.807, 2.05) is 32.8 Å². The van der Waals surface area contributed by atoms with Gasteiger partial charge >= 0.3 is 0 Å². The first kappa shape index (κ1) is 15.4. The van der Waals surface area contributed by atoms with Crippen molar-refractivity contribution in [2.75, 3.05) is 32.6 Å². The van der Waals surface area contributed by atoms with E-state index in [4.69, 9.17) is 5.84 Å². The molecule has 1 aromatic rings. The quantitative estimate of drug-likeness (QED) is 0.587. The van der Waals surface area contributed by atoms with Crippen molar-refractivity contribution in [1.29, 1.82) is 0 Å². The molecule has 0 fully saturated rings. The van der Waals surface area contributed by atoms with Crippen LogP contribution in [0.25, 0.3) is 0 Å². The fourth-order valence-corrected chi connectivity index (χ4v) is 2.13. The molecule has 1 amide bonds. The lowest BCUT2D eigenvalue weighted by atomic mass is 10.1. The van der Waals surface area contributed by atoms with Gasteiger partial charge in [0.25, 0.3) is 5.91 Å². The number of nitrogens with two attached hydrogens (primary N) is 1. The second-order valence-electron chi connectivity index (χ2n) is 4.77. The maximum absolute atomic E-state index is 12.6. The van der Waals surface area contributed by atoms with Crippen molar-refractivity contribution in [2.45, 2.75) is 19.9 Å². The number of rotatable bonds is 6. The van der Waals surface area contributed by atoms with Crippen LogP contribution in [0.2, 0.25) is 0 Å². The maximum Gasteiger partial charge on any atom is 0.257 e. The van der Waals surface area contributed by atoms with Crippen molar-refractivity contribution in [1.82, 2.24) is 14.8 Å². The number of hydrogen-bond donors (Lipinski definition) is 2. The maximum atomic E-state index is 12.6. The van der Waals surface area contributed by atoms with Crippen molar-refractivity contribution >= 4 is 11.6 Å². The molecule has 0 aliphatic carbocycles. The molecule has 0 radical (unpaired) electrons. The monoisotopic (exact) mass is 265 g/mol. The first-order valence-corrected chi connectivity index (χ1v) is 6.37. The third-order valence-corrected chi connectivity index (χ3v) is 2.97. The highest BCUT2D eigenvalue weighted by Gasteiger charge is 2.22. The molecule has 1 aromatic heterocycles. The third kappa shape index (κ3) is 3.90. The number of amides is 1.